The van der Waals surface area contributed by atoms with Crippen molar-refractivity contribution in [1.29, 1.82) is 0 Å². The molecular formula is C16H28N2. The van der Waals surface area contributed by atoms with Gasteiger partial charge < -0.3 is 10.2 Å². The summed E-state index contributed by atoms with van der Waals surface area (Å²) in [4.78, 5) is 2.72. The zero-order valence-electron chi connectivity index (χ0n) is 11.6. The van der Waals surface area contributed by atoms with Crippen molar-refractivity contribution in [3.8, 4) is 0 Å². The lowest BCUT2D eigenvalue weighted by molar-refractivity contribution is 0.310. The predicted octanol–water partition coefficient (Wildman–Crippen LogP) is 2.95. The molecule has 2 aliphatic carbocycles. The summed E-state index contributed by atoms with van der Waals surface area (Å²) in [5.74, 6) is 0.907. The fourth-order valence-corrected chi connectivity index (χ4v) is 3.45. The third kappa shape index (κ3) is 3.58. The van der Waals surface area contributed by atoms with E-state index >= 15 is 0 Å². The average molecular weight is 248 g/mol. The topological polar surface area (TPSA) is 15.3 Å². The maximum Gasteiger partial charge on any atom is 0.0250 e. The van der Waals surface area contributed by atoms with Gasteiger partial charge in [0, 0.05) is 18.6 Å². The molecule has 3 rings (SSSR count). The Labute approximate surface area is 112 Å². The molecule has 1 saturated heterocycles. The van der Waals surface area contributed by atoms with Crippen molar-refractivity contribution in [3.05, 3.63) is 12.2 Å². The van der Waals surface area contributed by atoms with E-state index in [9.17, 15) is 0 Å². The second-order valence-electron chi connectivity index (χ2n) is 6.46. The lowest BCUT2D eigenvalue weighted by Crippen LogP contribution is -2.33. The molecule has 3 aliphatic rings. The molecule has 0 bridgehead atoms. The molecule has 1 saturated carbocycles. The Kier molecular flexibility index (Phi) is 4.37. The molecule has 0 aromatic carbocycles. The summed E-state index contributed by atoms with van der Waals surface area (Å²) in [6.07, 6.45) is 16.0. The first kappa shape index (κ1) is 12.7. The minimum absolute atomic E-state index is 0.653. The van der Waals surface area contributed by atoms with Gasteiger partial charge in [-0.1, -0.05) is 25.0 Å². The van der Waals surface area contributed by atoms with Crippen molar-refractivity contribution < 1.29 is 0 Å². The number of nitrogens with zero attached hydrogens (tertiary/aromatic N) is 1. The number of allylic oxidation sites excluding steroid dienone is 1. The maximum atomic E-state index is 3.80. The highest BCUT2D eigenvalue weighted by Gasteiger charge is 2.34. The molecule has 1 N–H and O–H groups in total. The van der Waals surface area contributed by atoms with Gasteiger partial charge in [0.2, 0.25) is 0 Å². The molecule has 2 nitrogen and oxygen atoms in total. The minimum Gasteiger partial charge on any atom is -0.310 e. The smallest absolute Gasteiger partial charge is 0.0250 e. The van der Waals surface area contributed by atoms with Crippen LogP contribution in [0, 0.1) is 5.92 Å². The molecule has 0 spiro atoms. The quantitative estimate of drug-likeness (QED) is 0.770. The van der Waals surface area contributed by atoms with Crippen molar-refractivity contribution in [2.75, 3.05) is 19.6 Å². The van der Waals surface area contributed by atoms with Gasteiger partial charge >= 0.3 is 0 Å². The Morgan fingerprint density at radius 1 is 1.06 bits per heavy atom. The van der Waals surface area contributed by atoms with Crippen LogP contribution in [0.2, 0.25) is 0 Å². The van der Waals surface area contributed by atoms with E-state index in [1.54, 1.807) is 0 Å². The first-order valence-corrected chi connectivity index (χ1v) is 8.06. The molecule has 18 heavy (non-hydrogen) atoms. The van der Waals surface area contributed by atoms with E-state index < -0.39 is 0 Å². The monoisotopic (exact) mass is 248 g/mol. The van der Waals surface area contributed by atoms with Crippen LogP contribution in [0.4, 0.5) is 0 Å². The summed E-state index contributed by atoms with van der Waals surface area (Å²) in [6, 6.07) is 1.62. The molecule has 1 heterocycles. The van der Waals surface area contributed by atoms with Crippen LogP contribution in [-0.4, -0.2) is 36.6 Å². The zero-order chi connectivity index (χ0) is 12.2. The van der Waals surface area contributed by atoms with E-state index in [0.717, 1.165) is 12.0 Å². The predicted molar refractivity (Wildman–Crippen MR) is 76.7 cm³/mol. The molecule has 0 aromatic rings. The molecule has 2 unspecified atom stereocenters. The van der Waals surface area contributed by atoms with Crippen LogP contribution in [0.15, 0.2) is 12.2 Å². The van der Waals surface area contributed by atoms with Crippen LogP contribution in [-0.2, 0) is 0 Å². The molecule has 0 aromatic heterocycles. The van der Waals surface area contributed by atoms with Gasteiger partial charge in [-0.05, 0) is 57.5 Å². The first-order chi connectivity index (χ1) is 8.92. The summed E-state index contributed by atoms with van der Waals surface area (Å²) in [5, 5.41) is 3.80. The zero-order valence-corrected chi connectivity index (χ0v) is 11.6. The van der Waals surface area contributed by atoms with Crippen molar-refractivity contribution in [2.45, 2.75) is 63.5 Å². The Morgan fingerprint density at radius 3 is 2.89 bits per heavy atom. The molecular weight excluding hydrogens is 220 g/mol. The highest BCUT2D eigenvalue weighted by atomic mass is 15.2. The normalized spacial score (nSPS) is 36.2. The van der Waals surface area contributed by atoms with Crippen LogP contribution in [0.3, 0.4) is 0 Å². The van der Waals surface area contributed by atoms with Crippen LogP contribution in [0.25, 0.3) is 0 Å². The molecule has 0 radical (unpaired) electrons. The molecule has 1 aliphatic heterocycles. The number of hydrogen-bond donors (Lipinski definition) is 1. The number of likely N-dealkylation sites (tertiary alicyclic amines) is 1. The van der Waals surface area contributed by atoms with E-state index in [0.29, 0.717) is 6.04 Å². The van der Waals surface area contributed by atoms with Gasteiger partial charge in [-0.25, -0.2) is 0 Å². The van der Waals surface area contributed by atoms with Crippen molar-refractivity contribution >= 4 is 0 Å². The summed E-state index contributed by atoms with van der Waals surface area (Å²) in [7, 11) is 0. The van der Waals surface area contributed by atoms with E-state index in [1.165, 1.54) is 71.0 Å². The van der Waals surface area contributed by atoms with Gasteiger partial charge in [0.05, 0.1) is 0 Å². The molecule has 2 fully saturated rings. The van der Waals surface area contributed by atoms with Gasteiger partial charge in [0.15, 0.2) is 0 Å². The van der Waals surface area contributed by atoms with Crippen LogP contribution >= 0.6 is 0 Å². The lowest BCUT2D eigenvalue weighted by Gasteiger charge is -2.20. The number of hydrogen-bond acceptors (Lipinski definition) is 2. The summed E-state index contributed by atoms with van der Waals surface area (Å²) >= 11 is 0. The Bertz CT molecular complexity index is 283. The van der Waals surface area contributed by atoms with Crippen molar-refractivity contribution in [1.82, 2.24) is 10.2 Å². The van der Waals surface area contributed by atoms with E-state index in [4.69, 9.17) is 0 Å². The van der Waals surface area contributed by atoms with Crippen LogP contribution in [0.5, 0.6) is 0 Å². The van der Waals surface area contributed by atoms with E-state index in [2.05, 4.69) is 22.4 Å². The fraction of sp³-hybridized carbons (Fsp3) is 0.875. The highest BCUT2D eigenvalue weighted by molar-refractivity contribution is 4.96. The standard InChI is InChI=1S/C16H28N2/c1-2-4-6-15(7-5-3-1)17-12-14-10-11-18(13-14)16-8-9-16/h4,6,14-17H,1-3,5,7-13H2/b6-4+. The Hall–Kier alpha value is -0.340. The average Bonchev–Trinajstić information content (AvgIpc) is 3.08. The summed E-state index contributed by atoms with van der Waals surface area (Å²) < 4.78 is 0. The van der Waals surface area contributed by atoms with Gasteiger partial charge in [-0.15, -0.1) is 0 Å². The molecule has 0 amide bonds. The Balaban J connectivity index is 1.39. The lowest BCUT2D eigenvalue weighted by atomic mass is 10.0. The van der Waals surface area contributed by atoms with Gasteiger partial charge in [-0.3, -0.25) is 0 Å². The molecule has 2 atom stereocenters. The van der Waals surface area contributed by atoms with Crippen LogP contribution < -0.4 is 5.32 Å². The second kappa shape index (κ2) is 6.21. The largest absolute Gasteiger partial charge is 0.310 e. The second-order valence-corrected chi connectivity index (χ2v) is 6.46. The third-order valence-electron chi connectivity index (χ3n) is 4.80. The number of rotatable bonds is 4. The summed E-state index contributed by atoms with van der Waals surface area (Å²) in [6.45, 7) is 3.95. The Morgan fingerprint density at radius 2 is 2.00 bits per heavy atom. The van der Waals surface area contributed by atoms with E-state index in [-0.39, 0.29) is 0 Å². The van der Waals surface area contributed by atoms with Crippen LogP contribution in [0.1, 0.15) is 51.4 Å². The maximum absolute atomic E-state index is 3.80. The van der Waals surface area contributed by atoms with Gasteiger partial charge in [0.25, 0.3) is 0 Å². The fourth-order valence-electron chi connectivity index (χ4n) is 3.45. The SMILES string of the molecule is C1=C/C(NCC2CCN(C3CC3)C2)CCCCC/1. The number of nitrogens with one attached hydrogen (secondary N) is 1. The van der Waals surface area contributed by atoms with Gasteiger partial charge in [-0.2, -0.15) is 0 Å². The van der Waals surface area contributed by atoms with Crippen molar-refractivity contribution in [3.63, 3.8) is 0 Å². The summed E-state index contributed by atoms with van der Waals surface area (Å²) in [5.41, 5.74) is 0. The molecule has 102 valence electrons. The first-order valence-electron chi connectivity index (χ1n) is 8.06. The third-order valence-corrected chi connectivity index (χ3v) is 4.80. The highest BCUT2D eigenvalue weighted by Crippen LogP contribution is 2.31. The van der Waals surface area contributed by atoms with Gasteiger partial charge in [0.1, 0.15) is 0 Å². The minimum atomic E-state index is 0.653. The molecule has 2 heteroatoms. The van der Waals surface area contributed by atoms with Crippen molar-refractivity contribution in [2.24, 2.45) is 5.92 Å². The van der Waals surface area contributed by atoms with E-state index in [1.807, 2.05) is 0 Å².